The van der Waals surface area contributed by atoms with Crippen LogP contribution in [0.3, 0.4) is 0 Å². The van der Waals surface area contributed by atoms with Gasteiger partial charge in [-0.1, -0.05) is 6.92 Å². The number of nitrogens with zero attached hydrogens (tertiary/aromatic N) is 1. The molecule has 2 atom stereocenters. The first kappa shape index (κ1) is 14.4. The number of hydrogen-bond donors (Lipinski definition) is 3. The molecule has 0 saturated carbocycles. The first-order valence-corrected chi connectivity index (χ1v) is 5.93. The molecule has 7 heteroatoms. The van der Waals surface area contributed by atoms with Gasteiger partial charge < -0.3 is 20.4 Å². The number of rotatable bonds is 6. The van der Waals surface area contributed by atoms with Crippen molar-refractivity contribution in [3.63, 3.8) is 0 Å². The molecule has 0 bridgehead atoms. The number of carbonyl (C=O) groups is 3. The van der Waals surface area contributed by atoms with E-state index in [0.717, 1.165) is 0 Å². The van der Waals surface area contributed by atoms with Crippen molar-refractivity contribution in [3.05, 3.63) is 0 Å². The molecule has 1 heterocycles. The van der Waals surface area contributed by atoms with Crippen LogP contribution in [0.1, 0.15) is 26.2 Å². The van der Waals surface area contributed by atoms with Crippen LogP contribution in [0.25, 0.3) is 0 Å². The quantitative estimate of drug-likeness (QED) is 0.593. The monoisotopic (exact) mass is 258 g/mol. The van der Waals surface area contributed by atoms with Crippen LogP contribution in [0.4, 0.5) is 0 Å². The van der Waals surface area contributed by atoms with Crippen molar-refractivity contribution in [1.29, 1.82) is 0 Å². The predicted octanol–water partition coefficient (Wildman–Crippen LogP) is -0.485. The molecule has 1 unspecified atom stereocenters. The number of carboxylic acid groups (broad SMARTS) is 2. The van der Waals surface area contributed by atoms with E-state index in [4.69, 9.17) is 10.2 Å². The minimum Gasteiger partial charge on any atom is -0.480 e. The van der Waals surface area contributed by atoms with Crippen LogP contribution < -0.4 is 5.32 Å². The Kier molecular flexibility index (Phi) is 5.08. The normalized spacial score (nSPS) is 23.1. The summed E-state index contributed by atoms with van der Waals surface area (Å²) in [6.07, 6.45) is 1.22. The van der Waals surface area contributed by atoms with Crippen LogP contribution in [-0.4, -0.2) is 58.1 Å². The summed E-state index contributed by atoms with van der Waals surface area (Å²) in [5, 5.41) is 20.3. The lowest BCUT2D eigenvalue weighted by Crippen LogP contribution is -2.41. The number of carbonyl (C=O) groups excluding carboxylic acids is 1. The number of nitrogens with one attached hydrogen (secondary N) is 1. The van der Waals surface area contributed by atoms with E-state index in [1.807, 2.05) is 6.92 Å². The Labute approximate surface area is 105 Å². The summed E-state index contributed by atoms with van der Waals surface area (Å²) in [5.41, 5.74) is 0. The van der Waals surface area contributed by atoms with E-state index in [0.29, 0.717) is 12.8 Å². The van der Waals surface area contributed by atoms with Gasteiger partial charge in [0.25, 0.3) is 0 Å². The Balaban J connectivity index is 2.62. The Morgan fingerprint density at radius 1 is 1.33 bits per heavy atom. The van der Waals surface area contributed by atoms with E-state index >= 15 is 0 Å². The fourth-order valence-corrected chi connectivity index (χ4v) is 2.08. The maximum absolute atomic E-state index is 11.8. The van der Waals surface area contributed by atoms with E-state index in [2.05, 4.69) is 5.32 Å². The van der Waals surface area contributed by atoms with E-state index < -0.39 is 18.0 Å². The van der Waals surface area contributed by atoms with Crippen LogP contribution in [0.15, 0.2) is 0 Å². The van der Waals surface area contributed by atoms with Gasteiger partial charge in [0.2, 0.25) is 5.91 Å². The molecule has 0 aromatic heterocycles. The van der Waals surface area contributed by atoms with Gasteiger partial charge in [0, 0.05) is 19.0 Å². The van der Waals surface area contributed by atoms with Gasteiger partial charge >= 0.3 is 11.9 Å². The lowest BCUT2D eigenvalue weighted by molar-refractivity contribution is -0.148. The van der Waals surface area contributed by atoms with E-state index in [-0.39, 0.29) is 31.5 Å². The van der Waals surface area contributed by atoms with E-state index in [1.54, 1.807) is 0 Å². The topological polar surface area (TPSA) is 107 Å². The highest BCUT2D eigenvalue weighted by molar-refractivity contribution is 5.84. The molecule has 0 aliphatic carbocycles. The highest BCUT2D eigenvalue weighted by atomic mass is 16.4. The van der Waals surface area contributed by atoms with Crippen molar-refractivity contribution >= 4 is 17.8 Å². The zero-order chi connectivity index (χ0) is 13.7. The van der Waals surface area contributed by atoms with Gasteiger partial charge in [-0.2, -0.15) is 0 Å². The fourth-order valence-electron chi connectivity index (χ4n) is 2.08. The molecule has 1 saturated heterocycles. The molecule has 1 aliphatic rings. The lowest BCUT2D eigenvalue weighted by Gasteiger charge is -2.21. The third-order valence-electron chi connectivity index (χ3n) is 2.91. The molecule has 0 aromatic carbocycles. The molecule has 1 aliphatic heterocycles. The van der Waals surface area contributed by atoms with Crippen LogP contribution in [0, 0.1) is 0 Å². The van der Waals surface area contributed by atoms with Crippen molar-refractivity contribution in [2.24, 2.45) is 0 Å². The van der Waals surface area contributed by atoms with Crippen LogP contribution in [0.5, 0.6) is 0 Å². The molecule has 0 radical (unpaired) electrons. The third kappa shape index (κ3) is 3.69. The number of likely N-dealkylation sites (tertiary alicyclic amines) is 1. The summed E-state index contributed by atoms with van der Waals surface area (Å²) < 4.78 is 0. The molecular formula is C11H18N2O5. The number of aliphatic carboxylic acids is 2. The highest BCUT2D eigenvalue weighted by Gasteiger charge is 2.39. The molecule has 0 spiro atoms. The van der Waals surface area contributed by atoms with Gasteiger partial charge in [-0.05, 0) is 12.8 Å². The van der Waals surface area contributed by atoms with E-state index in [1.165, 1.54) is 4.90 Å². The average molecular weight is 258 g/mol. The van der Waals surface area contributed by atoms with Gasteiger partial charge in [0.05, 0.1) is 6.54 Å². The van der Waals surface area contributed by atoms with Crippen molar-refractivity contribution in [2.75, 3.05) is 13.1 Å². The molecule has 102 valence electrons. The Morgan fingerprint density at radius 3 is 2.50 bits per heavy atom. The summed E-state index contributed by atoms with van der Waals surface area (Å²) in [4.78, 5) is 34.6. The van der Waals surface area contributed by atoms with Gasteiger partial charge in [-0.25, -0.2) is 4.79 Å². The molecule has 1 amide bonds. The maximum Gasteiger partial charge on any atom is 0.326 e. The van der Waals surface area contributed by atoms with Gasteiger partial charge in [0.15, 0.2) is 0 Å². The average Bonchev–Trinajstić information content (AvgIpc) is 2.71. The zero-order valence-corrected chi connectivity index (χ0v) is 10.3. The zero-order valence-electron chi connectivity index (χ0n) is 10.3. The first-order chi connectivity index (χ1) is 8.45. The number of hydrogen-bond acceptors (Lipinski definition) is 4. The smallest absolute Gasteiger partial charge is 0.326 e. The molecule has 1 rings (SSSR count). The molecule has 7 nitrogen and oxygen atoms in total. The maximum atomic E-state index is 11.8. The molecule has 1 fully saturated rings. The lowest BCUT2D eigenvalue weighted by atomic mass is 10.1. The fraction of sp³-hybridized carbons (Fsp3) is 0.727. The van der Waals surface area contributed by atoms with Gasteiger partial charge in [0.1, 0.15) is 6.04 Å². The second-order valence-electron chi connectivity index (χ2n) is 4.36. The van der Waals surface area contributed by atoms with Crippen molar-refractivity contribution < 1.29 is 24.6 Å². The standard InChI is InChI=1S/C11H18N2O5/c1-2-3-9(14)13-6-7(12-5-10(15)16)4-8(13)11(17)18/h7-8,12H,2-6H2,1H3,(H,15,16)(H,17,18)/t7-,8?/m1/s1. The van der Waals surface area contributed by atoms with Crippen LogP contribution >= 0.6 is 0 Å². The largest absolute Gasteiger partial charge is 0.480 e. The SMILES string of the molecule is CCCC(=O)N1C[C@H](NCC(=O)O)CC1C(=O)O. The summed E-state index contributed by atoms with van der Waals surface area (Å²) in [7, 11) is 0. The van der Waals surface area contributed by atoms with Crippen molar-refractivity contribution in [3.8, 4) is 0 Å². The Bertz CT molecular complexity index is 344. The molecule has 0 aromatic rings. The van der Waals surface area contributed by atoms with Gasteiger partial charge in [-0.3, -0.25) is 9.59 Å². The molecule has 18 heavy (non-hydrogen) atoms. The third-order valence-corrected chi connectivity index (χ3v) is 2.91. The minimum absolute atomic E-state index is 0.190. The minimum atomic E-state index is -1.04. The number of carboxylic acids is 2. The van der Waals surface area contributed by atoms with E-state index in [9.17, 15) is 14.4 Å². The van der Waals surface area contributed by atoms with Crippen LogP contribution in [-0.2, 0) is 14.4 Å². The Morgan fingerprint density at radius 2 is 2.00 bits per heavy atom. The first-order valence-electron chi connectivity index (χ1n) is 5.93. The van der Waals surface area contributed by atoms with Gasteiger partial charge in [-0.15, -0.1) is 0 Å². The second-order valence-corrected chi connectivity index (χ2v) is 4.36. The molecular weight excluding hydrogens is 240 g/mol. The molecule has 3 N–H and O–H groups in total. The summed E-state index contributed by atoms with van der Waals surface area (Å²) in [6, 6.07) is -1.13. The predicted molar refractivity (Wildman–Crippen MR) is 62.1 cm³/mol. The van der Waals surface area contributed by atoms with Crippen molar-refractivity contribution in [1.82, 2.24) is 10.2 Å². The second kappa shape index (κ2) is 6.34. The summed E-state index contributed by atoms with van der Waals surface area (Å²) in [5.74, 6) is -2.23. The Hall–Kier alpha value is -1.63. The summed E-state index contributed by atoms with van der Waals surface area (Å²) >= 11 is 0. The summed E-state index contributed by atoms with van der Waals surface area (Å²) in [6.45, 7) is 1.87. The highest BCUT2D eigenvalue weighted by Crippen LogP contribution is 2.19. The van der Waals surface area contributed by atoms with Crippen LogP contribution in [0.2, 0.25) is 0 Å². The van der Waals surface area contributed by atoms with Crippen molar-refractivity contribution in [2.45, 2.75) is 38.3 Å². The number of amides is 1.